The lowest BCUT2D eigenvalue weighted by Gasteiger charge is -2.31. The van der Waals surface area contributed by atoms with Crippen LogP contribution in [0.25, 0.3) is 0 Å². The van der Waals surface area contributed by atoms with Gasteiger partial charge >= 0.3 is 12.2 Å². The molecule has 1 fully saturated rings. The predicted molar refractivity (Wildman–Crippen MR) is 127 cm³/mol. The molecule has 34 heavy (non-hydrogen) atoms. The number of carbonyl (C=O) groups is 3. The Hall–Kier alpha value is -3.75. The lowest BCUT2D eigenvalue weighted by Crippen LogP contribution is -2.46. The Labute approximate surface area is 199 Å². The number of rotatable bonds is 5. The van der Waals surface area contributed by atoms with Crippen molar-refractivity contribution in [3.8, 4) is 5.75 Å². The summed E-state index contributed by atoms with van der Waals surface area (Å²) in [5.41, 5.74) is 0.694. The van der Waals surface area contributed by atoms with Crippen LogP contribution in [0.5, 0.6) is 5.75 Å². The highest BCUT2D eigenvalue weighted by molar-refractivity contribution is 5.97. The Morgan fingerprint density at radius 1 is 1.06 bits per heavy atom. The highest BCUT2D eigenvalue weighted by atomic mass is 16.6. The molecule has 3 N–H and O–H groups in total. The van der Waals surface area contributed by atoms with Crippen LogP contribution in [0.4, 0.5) is 15.3 Å². The molecule has 1 heterocycles. The fraction of sp³-hybridized carbons (Fsp3) is 0.400. The molecule has 1 aliphatic heterocycles. The summed E-state index contributed by atoms with van der Waals surface area (Å²) >= 11 is 0. The van der Waals surface area contributed by atoms with Gasteiger partial charge in [-0.1, -0.05) is 30.3 Å². The SMILES string of the molecule is CC(C)(C)OC(=O)Nc1cc(O)cc(C(=O)NC2CCN(C(=O)OCc3ccccc3)CC2)c1. The second kappa shape index (κ2) is 10.9. The van der Waals surface area contributed by atoms with Gasteiger partial charge < -0.3 is 24.8 Å². The first-order chi connectivity index (χ1) is 16.1. The summed E-state index contributed by atoms with van der Waals surface area (Å²) in [6.07, 6.45) is 0.0950. The van der Waals surface area contributed by atoms with Crippen LogP contribution >= 0.6 is 0 Å². The normalized spacial score (nSPS) is 14.3. The number of benzene rings is 2. The van der Waals surface area contributed by atoms with E-state index in [2.05, 4.69) is 10.6 Å². The van der Waals surface area contributed by atoms with Crippen LogP contribution in [-0.4, -0.2) is 52.8 Å². The van der Waals surface area contributed by atoms with E-state index in [4.69, 9.17) is 9.47 Å². The monoisotopic (exact) mass is 469 g/mol. The Morgan fingerprint density at radius 2 is 1.74 bits per heavy atom. The minimum atomic E-state index is -0.684. The third-order valence-corrected chi connectivity index (χ3v) is 5.12. The highest BCUT2D eigenvalue weighted by Gasteiger charge is 2.25. The van der Waals surface area contributed by atoms with E-state index < -0.39 is 11.7 Å². The minimum absolute atomic E-state index is 0.129. The Kier molecular flexibility index (Phi) is 7.99. The van der Waals surface area contributed by atoms with Crippen molar-refractivity contribution in [1.29, 1.82) is 0 Å². The molecule has 3 rings (SSSR count). The number of hydrogen-bond donors (Lipinski definition) is 3. The number of phenolic OH excluding ortho intramolecular Hbond substituents is 1. The Morgan fingerprint density at radius 3 is 2.38 bits per heavy atom. The number of piperidine rings is 1. The number of amides is 3. The standard InChI is InChI=1S/C25H31N3O6/c1-25(2,3)34-23(31)27-20-13-18(14-21(29)15-20)22(30)26-19-9-11-28(12-10-19)24(32)33-16-17-7-5-4-6-8-17/h4-8,13-15,19,29H,9-12,16H2,1-3H3,(H,26,30)(H,27,31). The van der Waals surface area contributed by atoms with Crippen LogP contribution in [0.1, 0.15) is 49.5 Å². The summed E-state index contributed by atoms with van der Waals surface area (Å²) in [5.74, 6) is -0.539. The molecule has 0 aromatic heterocycles. The average molecular weight is 470 g/mol. The van der Waals surface area contributed by atoms with Gasteiger partial charge in [0.25, 0.3) is 5.91 Å². The number of nitrogens with zero attached hydrogens (tertiary/aromatic N) is 1. The zero-order valence-corrected chi connectivity index (χ0v) is 19.7. The molecular weight excluding hydrogens is 438 g/mol. The molecule has 2 aromatic rings. The van der Waals surface area contributed by atoms with Crippen molar-refractivity contribution in [2.75, 3.05) is 18.4 Å². The Bertz CT molecular complexity index is 1010. The first-order valence-corrected chi connectivity index (χ1v) is 11.2. The summed E-state index contributed by atoms with van der Waals surface area (Å²) in [5, 5.41) is 15.4. The van der Waals surface area contributed by atoms with Crippen LogP contribution in [0.15, 0.2) is 48.5 Å². The third kappa shape index (κ3) is 7.68. The van der Waals surface area contributed by atoms with Crippen molar-refractivity contribution in [3.63, 3.8) is 0 Å². The largest absolute Gasteiger partial charge is 0.508 e. The summed E-state index contributed by atoms with van der Waals surface area (Å²) < 4.78 is 10.6. The van der Waals surface area contributed by atoms with Crippen molar-refractivity contribution in [2.45, 2.75) is 51.9 Å². The van der Waals surface area contributed by atoms with Crippen molar-refractivity contribution in [3.05, 3.63) is 59.7 Å². The molecule has 9 heteroatoms. The zero-order chi connectivity index (χ0) is 24.7. The molecule has 0 saturated carbocycles. The van der Waals surface area contributed by atoms with Gasteiger partial charge in [0, 0.05) is 36.4 Å². The van der Waals surface area contributed by atoms with Crippen LogP contribution in [0.2, 0.25) is 0 Å². The molecule has 1 saturated heterocycles. The average Bonchev–Trinajstić information content (AvgIpc) is 2.77. The van der Waals surface area contributed by atoms with Crippen LogP contribution in [-0.2, 0) is 16.1 Å². The van der Waals surface area contributed by atoms with E-state index in [9.17, 15) is 19.5 Å². The van der Waals surface area contributed by atoms with Gasteiger partial charge in [-0.15, -0.1) is 0 Å². The first-order valence-electron chi connectivity index (χ1n) is 11.2. The van der Waals surface area contributed by atoms with E-state index in [1.54, 1.807) is 25.7 Å². The Balaban J connectivity index is 1.49. The molecule has 3 amide bonds. The van der Waals surface area contributed by atoms with Gasteiger partial charge in [0.1, 0.15) is 18.0 Å². The molecule has 0 spiro atoms. The second-order valence-electron chi connectivity index (χ2n) is 9.17. The number of nitrogens with one attached hydrogen (secondary N) is 2. The number of hydrogen-bond acceptors (Lipinski definition) is 6. The van der Waals surface area contributed by atoms with Crippen molar-refractivity contribution >= 4 is 23.8 Å². The van der Waals surface area contributed by atoms with Gasteiger partial charge in [-0.2, -0.15) is 0 Å². The predicted octanol–water partition coefficient (Wildman–Crippen LogP) is 4.27. The van der Waals surface area contributed by atoms with Gasteiger partial charge in [0.2, 0.25) is 0 Å². The van der Waals surface area contributed by atoms with E-state index in [1.807, 2.05) is 30.3 Å². The maximum absolute atomic E-state index is 12.7. The minimum Gasteiger partial charge on any atom is -0.508 e. The molecule has 0 radical (unpaired) electrons. The van der Waals surface area contributed by atoms with Gasteiger partial charge in [-0.3, -0.25) is 10.1 Å². The van der Waals surface area contributed by atoms with Gasteiger partial charge in [-0.25, -0.2) is 9.59 Å². The zero-order valence-electron chi connectivity index (χ0n) is 19.7. The molecule has 0 atom stereocenters. The van der Waals surface area contributed by atoms with Crippen LogP contribution in [0.3, 0.4) is 0 Å². The molecule has 0 unspecified atom stereocenters. The summed E-state index contributed by atoms with van der Waals surface area (Å²) in [7, 11) is 0. The number of likely N-dealkylation sites (tertiary alicyclic amines) is 1. The lowest BCUT2D eigenvalue weighted by molar-refractivity contribution is 0.0634. The fourth-order valence-electron chi connectivity index (χ4n) is 3.52. The molecule has 0 aliphatic carbocycles. The fourth-order valence-corrected chi connectivity index (χ4v) is 3.52. The topological polar surface area (TPSA) is 117 Å². The van der Waals surface area contributed by atoms with Gasteiger partial charge in [0.05, 0.1) is 0 Å². The summed E-state index contributed by atoms with van der Waals surface area (Å²) in [4.78, 5) is 38.7. The summed E-state index contributed by atoms with van der Waals surface area (Å²) in [6.45, 7) is 6.36. The van der Waals surface area contributed by atoms with Crippen LogP contribution < -0.4 is 10.6 Å². The quantitative estimate of drug-likeness (QED) is 0.602. The molecule has 0 bridgehead atoms. The molecule has 2 aromatic carbocycles. The lowest BCUT2D eigenvalue weighted by atomic mass is 10.0. The van der Waals surface area contributed by atoms with E-state index in [-0.39, 0.29) is 41.6 Å². The van der Waals surface area contributed by atoms with Gasteiger partial charge in [0.15, 0.2) is 0 Å². The third-order valence-electron chi connectivity index (χ3n) is 5.12. The maximum Gasteiger partial charge on any atom is 0.412 e. The number of phenols is 1. The molecule has 182 valence electrons. The van der Waals surface area contributed by atoms with E-state index in [0.29, 0.717) is 25.9 Å². The van der Waals surface area contributed by atoms with E-state index >= 15 is 0 Å². The van der Waals surface area contributed by atoms with E-state index in [1.165, 1.54) is 18.2 Å². The molecule has 9 nitrogen and oxygen atoms in total. The van der Waals surface area contributed by atoms with Crippen molar-refractivity contribution in [1.82, 2.24) is 10.2 Å². The first kappa shape index (κ1) is 24.9. The second-order valence-corrected chi connectivity index (χ2v) is 9.17. The smallest absolute Gasteiger partial charge is 0.412 e. The van der Waals surface area contributed by atoms with Crippen LogP contribution in [0, 0.1) is 0 Å². The number of aromatic hydroxyl groups is 1. The molecule has 1 aliphatic rings. The van der Waals surface area contributed by atoms with Crippen molar-refractivity contribution in [2.24, 2.45) is 0 Å². The molecular formula is C25H31N3O6. The van der Waals surface area contributed by atoms with E-state index in [0.717, 1.165) is 5.56 Å². The van der Waals surface area contributed by atoms with Crippen molar-refractivity contribution < 1.29 is 29.0 Å². The number of ether oxygens (including phenoxy) is 2. The number of anilines is 1. The van der Waals surface area contributed by atoms with Gasteiger partial charge in [-0.05, 0) is 51.3 Å². The number of carbonyl (C=O) groups excluding carboxylic acids is 3. The maximum atomic E-state index is 12.7. The highest BCUT2D eigenvalue weighted by Crippen LogP contribution is 2.22. The summed E-state index contributed by atoms with van der Waals surface area (Å²) in [6, 6.07) is 13.5.